The molecule has 0 spiro atoms. The van der Waals surface area contributed by atoms with Crippen LogP contribution in [-0.2, 0) is 19.1 Å². The minimum Gasteiger partial charge on any atom is -0.382 e. The van der Waals surface area contributed by atoms with Crippen molar-refractivity contribution in [1.82, 2.24) is 49.9 Å². The highest BCUT2D eigenvalue weighted by Gasteiger charge is 2.45. The van der Waals surface area contributed by atoms with Crippen LogP contribution in [0.3, 0.4) is 0 Å². The van der Waals surface area contributed by atoms with Crippen molar-refractivity contribution in [3.8, 4) is 11.3 Å². The van der Waals surface area contributed by atoms with Crippen molar-refractivity contribution in [3.05, 3.63) is 89.4 Å². The predicted molar refractivity (Wildman–Crippen MR) is 225 cm³/mol. The molecule has 6 amide bonds. The van der Waals surface area contributed by atoms with Gasteiger partial charge in [-0.3, -0.25) is 53.4 Å². The summed E-state index contributed by atoms with van der Waals surface area (Å²) in [6.07, 6.45) is 9.54. The Hall–Kier alpha value is -7.06. The number of piperazine rings is 1. The molecule has 2 aromatic carbocycles. The number of aromatic nitrogens is 5. The molecule has 2 saturated heterocycles. The van der Waals surface area contributed by atoms with Crippen molar-refractivity contribution < 1.29 is 37.9 Å². The van der Waals surface area contributed by atoms with Crippen LogP contribution in [-0.4, -0.2) is 140 Å². The summed E-state index contributed by atoms with van der Waals surface area (Å²) in [6, 6.07) is 8.18. The minimum absolute atomic E-state index is 0.0370. The Morgan fingerprint density at radius 2 is 1.78 bits per heavy atom. The van der Waals surface area contributed by atoms with Crippen molar-refractivity contribution in [2.75, 3.05) is 69.7 Å². The molecule has 3 aromatic heterocycles. The number of piperidine rings is 1. The number of carbonyl (C=O) groups is 6. The van der Waals surface area contributed by atoms with E-state index in [-0.39, 0.29) is 66.7 Å². The summed E-state index contributed by atoms with van der Waals surface area (Å²) in [5, 5.41) is 18.2. The molecule has 9 rings (SSSR count). The van der Waals surface area contributed by atoms with Gasteiger partial charge in [-0.05, 0) is 49.6 Å². The van der Waals surface area contributed by atoms with Crippen LogP contribution in [0.15, 0.2) is 61.2 Å². The predicted octanol–water partition coefficient (Wildman–Crippen LogP) is 2.67. The Morgan fingerprint density at radius 1 is 0.937 bits per heavy atom. The van der Waals surface area contributed by atoms with Gasteiger partial charge in [0.05, 0.1) is 53.8 Å². The number of amides is 6. The van der Waals surface area contributed by atoms with Gasteiger partial charge in [0.1, 0.15) is 11.9 Å². The van der Waals surface area contributed by atoms with E-state index < -0.39 is 35.5 Å². The summed E-state index contributed by atoms with van der Waals surface area (Å²) in [6.45, 7) is 3.83. The number of rotatable bonds is 16. The Balaban J connectivity index is 0.681. The number of aromatic amines is 1. The minimum atomic E-state index is -1.05. The molecule has 63 heavy (non-hydrogen) atoms. The van der Waals surface area contributed by atoms with Crippen LogP contribution in [0.25, 0.3) is 16.9 Å². The highest BCUT2D eigenvalue weighted by atomic mass is 19.1. The first kappa shape index (κ1) is 41.3. The lowest BCUT2D eigenvalue weighted by molar-refractivity contribution is -0.136. The van der Waals surface area contributed by atoms with Gasteiger partial charge in [0.25, 0.3) is 17.7 Å². The molecule has 6 heterocycles. The second-order valence-corrected chi connectivity index (χ2v) is 15.9. The molecule has 3 aliphatic heterocycles. The summed E-state index contributed by atoms with van der Waals surface area (Å²) in [4.78, 5) is 90.3. The lowest BCUT2D eigenvalue weighted by Gasteiger charge is -2.34. The summed E-state index contributed by atoms with van der Waals surface area (Å²) < 4.78 is 23.1. The van der Waals surface area contributed by atoms with Gasteiger partial charge in [0.2, 0.25) is 17.7 Å². The van der Waals surface area contributed by atoms with E-state index in [0.717, 1.165) is 34.7 Å². The molecule has 1 unspecified atom stereocenters. The van der Waals surface area contributed by atoms with Crippen LogP contribution in [0.2, 0.25) is 0 Å². The number of fused-ring (bicyclic) bond motifs is 2. The van der Waals surface area contributed by atoms with Crippen molar-refractivity contribution in [3.63, 3.8) is 0 Å². The molecule has 3 fully saturated rings. The van der Waals surface area contributed by atoms with Crippen LogP contribution < -0.4 is 21.3 Å². The molecule has 0 bridgehead atoms. The highest BCUT2D eigenvalue weighted by molar-refractivity contribution is 6.25. The number of halogens is 1. The van der Waals surface area contributed by atoms with E-state index >= 15 is 4.39 Å². The van der Waals surface area contributed by atoms with Crippen LogP contribution in [0.4, 0.5) is 21.6 Å². The van der Waals surface area contributed by atoms with Crippen LogP contribution >= 0.6 is 0 Å². The second-order valence-electron chi connectivity index (χ2n) is 15.9. The molecule has 0 radical (unpaired) electrons. The zero-order valence-corrected chi connectivity index (χ0v) is 34.2. The number of nitrogens with zero attached hydrogens (tertiary/aromatic N) is 7. The highest BCUT2D eigenvalue weighted by Crippen LogP contribution is 2.40. The molecule has 5 N–H and O–H groups in total. The van der Waals surface area contributed by atoms with E-state index in [2.05, 4.69) is 41.3 Å². The fourth-order valence-electron chi connectivity index (χ4n) is 8.13. The summed E-state index contributed by atoms with van der Waals surface area (Å²) >= 11 is 0. The number of benzene rings is 2. The molecule has 1 saturated carbocycles. The second kappa shape index (κ2) is 17.7. The lowest BCUT2D eigenvalue weighted by atomic mass is 10.0. The average molecular weight is 861 g/mol. The number of hydrogen-bond donors (Lipinski definition) is 5. The lowest BCUT2D eigenvalue weighted by Crippen LogP contribution is -2.54. The first-order valence-corrected chi connectivity index (χ1v) is 21.0. The quantitative estimate of drug-likeness (QED) is 0.0712. The summed E-state index contributed by atoms with van der Waals surface area (Å²) in [7, 11) is 0. The number of imide groups is 2. The molecule has 1 atom stereocenters. The van der Waals surface area contributed by atoms with Gasteiger partial charge < -0.3 is 25.6 Å². The summed E-state index contributed by atoms with van der Waals surface area (Å²) in [5.41, 5.74) is 4.33. The Bertz CT molecular complexity index is 2600. The average Bonchev–Trinajstić information content (AvgIpc) is 3.70. The monoisotopic (exact) mass is 860 g/mol. The van der Waals surface area contributed by atoms with Gasteiger partial charge in [0.15, 0.2) is 11.5 Å². The van der Waals surface area contributed by atoms with Gasteiger partial charge in [-0.15, -0.1) is 0 Å². The first-order chi connectivity index (χ1) is 30.6. The van der Waals surface area contributed by atoms with Gasteiger partial charge in [-0.1, -0.05) is 6.07 Å². The largest absolute Gasteiger partial charge is 0.382 e. The zero-order valence-electron chi connectivity index (χ0n) is 34.2. The number of carbonyl (C=O) groups excluding carboxylic acids is 6. The van der Waals surface area contributed by atoms with Gasteiger partial charge >= 0.3 is 0 Å². The number of H-pyrrole nitrogens is 1. The molecule has 1 aliphatic carbocycles. The van der Waals surface area contributed by atoms with Gasteiger partial charge in [0, 0.05) is 93.8 Å². The maximum atomic E-state index is 15.6. The first-order valence-electron chi connectivity index (χ1n) is 21.0. The Kier molecular flexibility index (Phi) is 11.6. The van der Waals surface area contributed by atoms with Crippen molar-refractivity contribution >= 4 is 58.3 Å². The van der Waals surface area contributed by atoms with Gasteiger partial charge in [-0.25, -0.2) is 14.4 Å². The van der Waals surface area contributed by atoms with E-state index in [4.69, 9.17) is 9.72 Å². The van der Waals surface area contributed by atoms with Crippen molar-refractivity contribution in [2.45, 2.75) is 44.1 Å². The van der Waals surface area contributed by atoms with E-state index in [1.54, 1.807) is 47.8 Å². The van der Waals surface area contributed by atoms with Crippen molar-refractivity contribution in [1.29, 1.82) is 0 Å². The number of imidazole rings is 1. The fourth-order valence-corrected chi connectivity index (χ4v) is 8.13. The number of nitrogens with one attached hydrogen (secondary N) is 5. The third-order valence-electron chi connectivity index (χ3n) is 11.7. The van der Waals surface area contributed by atoms with Crippen LogP contribution in [0.1, 0.15) is 74.8 Å². The Morgan fingerprint density at radius 3 is 2.54 bits per heavy atom. The SMILES string of the molecule is O=C(CCOCCNc1cccc2c1C(=O)N(C1CCC(=O)NC1=O)C2=O)NCCN1CCN(C(=O)c2ccc(Nc3nc(C4CC4)cn4c(-c5cn[nH]c5)cnc34)c(F)c2)CC1. The molecule has 19 nitrogen and oxygen atoms in total. The number of hydrogen-bond acceptors (Lipinski definition) is 13. The molecule has 20 heteroatoms. The van der Waals surface area contributed by atoms with E-state index in [0.29, 0.717) is 68.9 Å². The molecule has 4 aliphatic rings. The third kappa shape index (κ3) is 8.71. The zero-order chi connectivity index (χ0) is 43.6. The normalized spacial score (nSPS) is 17.9. The molecule has 5 aromatic rings. The molecule has 326 valence electrons. The van der Waals surface area contributed by atoms with Gasteiger partial charge in [-0.2, -0.15) is 5.10 Å². The topological polar surface area (TPSA) is 228 Å². The summed E-state index contributed by atoms with van der Waals surface area (Å²) in [5.74, 6) is -2.54. The third-order valence-corrected chi connectivity index (χ3v) is 11.7. The smallest absolute Gasteiger partial charge is 0.264 e. The van der Waals surface area contributed by atoms with E-state index in [1.165, 1.54) is 12.1 Å². The number of anilines is 3. The molecular weight excluding hydrogens is 816 g/mol. The van der Waals surface area contributed by atoms with Crippen molar-refractivity contribution in [2.24, 2.45) is 0 Å². The van der Waals surface area contributed by atoms with Crippen LogP contribution in [0.5, 0.6) is 0 Å². The maximum Gasteiger partial charge on any atom is 0.264 e. The van der Waals surface area contributed by atoms with Crippen LogP contribution in [0, 0.1) is 5.82 Å². The fraction of sp³-hybridized carbons (Fsp3) is 0.372. The number of ether oxygens (including phenoxy) is 1. The maximum absolute atomic E-state index is 15.6. The standard InChI is InChI=1S/C43H45FN12O7/c44-29-20-26(6-7-30(29)50-38-39-47-23-34(27-21-48-49-22-27)55(39)24-32(51-38)25-4-5-25)41(60)54-16-14-53(15-17-54)13-11-46-35(57)10-18-63-19-12-45-31-3-1-2-28-37(31)43(62)56(42(28)61)33-8-9-36(58)52-40(33)59/h1-3,6-7,20-25,33,45H,4-5,8-19H2,(H,46,57)(H,48,49)(H,50,51)(H,52,58,59). The Labute approximate surface area is 359 Å². The molecular formula is C43H45FN12O7. The van der Waals surface area contributed by atoms with E-state index in [9.17, 15) is 28.8 Å². The van der Waals surface area contributed by atoms with E-state index in [1.807, 2.05) is 10.6 Å².